The summed E-state index contributed by atoms with van der Waals surface area (Å²) in [6, 6.07) is 12.0. The van der Waals surface area contributed by atoms with Crippen molar-refractivity contribution < 1.29 is 9.53 Å². The van der Waals surface area contributed by atoms with Crippen molar-refractivity contribution in [3.8, 4) is 0 Å². The summed E-state index contributed by atoms with van der Waals surface area (Å²) in [6.07, 6.45) is 3.22. The highest BCUT2D eigenvalue weighted by molar-refractivity contribution is 7.98. The van der Waals surface area contributed by atoms with Crippen molar-refractivity contribution >= 4 is 17.7 Å². The van der Waals surface area contributed by atoms with Crippen LogP contribution in [0, 0.1) is 0 Å². The molecule has 1 aromatic heterocycles. The summed E-state index contributed by atoms with van der Waals surface area (Å²) in [4.78, 5) is 16.4. The Bertz CT molecular complexity index is 528. The number of carbonyl (C=O) groups is 1. The van der Waals surface area contributed by atoms with Gasteiger partial charge in [0.25, 0.3) is 0 Å². The van der Waals surface area contributed by atoms with Crippen LogP contribution < -0.4 is 0 Å². The molecule has 0 amide bonds. The van der Waals surface area contributed by atoms with Crippen LogP contribution in [0.4, 0.5) is 0 Å². The molecule has 0 aliphatic heterocycles. The molecule has 0 fully saturated rings. The van der Waals surface area contributed by atoms with Crippen molar-refractivity contribution in [3.05, 3.63) is 59.9 Å². The molecule has 2 aromatic rings. The molecule has 0 N–H and O–H groups in total. The minimum Gasteiger partial charge on any atom is -0.465 e. The minimum atomic E-state index is -0.348. The van der Waals surface area contributed by atoms with E-state index < -0.39 is 0 Å². The molecule has 0 atom stereocenters. The van der Waals surface area contributed by atoms with E-state index in [1.165, 1.54) is 12.7 Å². The number of ether oxygens (including phenoxy) is 1. The average Bonchev–Trinajstić information content (AvgIpc) is 2.45. The van der Waals surface area contributed by atoms with E-state index in [1.54, 1.807) is 24.2 Å². The molecule has 0 saturated carbocycles. The average molecular weight is 259 g/mol. The number of hydrogen-bond donors (Lipinski definition) is 0. The van der Waals surface area contributed by atoms with E-state index >= 15 is 0 Å². The fourth-order valence-electron chi connectivity index (χ4n) is 1.51. The lowest BCUT2D eigenvalue weighted by Crippen LogP contribution is -2.03. The van der Waals surface area contributed by atoms with Gasteiger partial charge in [0.2, 0.25) is 0 Å². The van der Waals surface area contributed by atoms with Crippen LogP contribution in [0.15, 0.2) is 53.7 Å². The zero-order valence-corrected chi connectivity index (χ0v) is 10.8. The largest absolute Gasteiger partial charge is 0.465 e. The van der Waals surface area contributed by atoms with Crippen LogP contribution in [0.3, 0.4) is 0 Å². The van der Waals surface area contributed by atoms with E-state index in [9.17, 15) is 4.79 Å². The normalized spacial score (nSPS) is 10.1. The van der Waals surface area contributed by atoms with Gasteiger partial charge in [-0.15, -0.1) is 11.8 Å². The first-order chi connectivity index (χ1) is 8.81. The molecule has 4 heteroatoms. The summed E-state index contributed by atoms with van der Waals surface area (Å²) < 4.78 is 4.74. The van der Waals surface area contributed by atoms with Crippen LogP contribution in [0.25, 0.3) is 0 Å². The minimum absolute atomic E-state index is 0.348. The number of nitrogens with zero attached hydrogens (tertiary/aromatic N) is 1. The Kier molecular flexibility index (Phi) is 4.36. The van der Waals surface area contributed by atoms with Gasteiger partial charge < -0.3 is 4.74 Å². The van der Waals surface area contributed by atoms with Gasteiger partial charge in [-0.2, -0.15) is 0 Å². The monoisotopic (exact) mass is 259 g/mol. The number of pyridine rings is 1. The van der Waals surface area contributed by atoms with Gasteiger partial charge in [0.15, 0.2) is 0 Å². The van der Waals surface area contributed by atoms with Crippen LogP contribution in [-0.2, 0) is 10.5 Å². The lowest BCUT2D eigenvalue weighted by Gasteiger charge is -2.06. The van der Waals surface area contributed by atoms with Crippen LogP contribution in [0.2, 0.25) is 0 Å². The number of aromatic nitrogens is 1. The Morgan fingerprint density at radius 3 is 2.78 bits per heavy atom. The molecule has 0 saturated heterocycles. The third-order valence-corrected chi connectivity index (χ3v) is 3.57. The second-order valence-corrected chi connectivity index (χ2v) is 4.65. The molecule has 0 radical (unpaired) electrons. The maximum atomic E-state index is 11.6. The van der Waals surface area contributed by atoms with Gasteiger partial charge in [-0.25, -0.2) is 4.79 Å². The Hall–Kier alpha value is -1.81. The second kappa shape index (κ2) is 6.21. The fourth-order valence-corrected chi connectivity index (χ4v) is 2.47. The number of carbonyl (C=O) groups excluding carboxylic acids is 1. The van der Waals surface area contributed by atoms with Gasteiger partial charge in [0.1, 0.15) is 0 Å². The molecule has 3 nitrogen and oxygen atoms in total. The Morgan fingerprint density at radius 1 is 1.28 bits per heavy atom. The highest BCUT2D eigenvalue weighted by Gasteiger charge is 2.11. The molecule has 0 bridgehead atoms. The zero-order chi connectivity index (χ0) is 12.8. The van der Waals surface area contributed by atoms with Gasteiger partial charge in [-0.3, -0.25) is 4.98 Å². The second-order valence-electron chi connectivity index (χ2n) is 3.64. The number of benzene rings is 1. The quantitative estimate of drug-likeness (QED) is 0.624. The lowest BCUT2D eigenvalue weighted by molar-refractivity contribution is 0.0596. The molecule has 0 aliphatic carbocycles. The number of esters is 1. The summed E-state index contributed by atoms with van der Waals surface area (Å²) >= 11 is 1.60. The van der Waals surface area contributed by atoms with E-state index in [-0.39, 0.29) is 5.97 Å². The fraction of sp³-hybridized carbons (Fsp3) is 0.143. The Balaban J connectivity index is 2.12. The highest BCUT2D eigenvalue weighted by Crippen LogP contribution is 2.25. The van der Waals surface area contributed by atoms with Crippen molar-refractivity contribution in [2.24, 2.45) is 0 Å². The maximum absolute atomic E-state index is 11.6. The molecule has 0 aliphatic rings. The first-order valence-electron chi connectivity index (χ1n) is 5.50. The molecule has 18 heavy (non-hydrogen) atoms. The van der Waals surface area contributed by atoms with E-state index in [0.29, 0.717) is 5.56 Å². The Labute approximate surface area is 110 Å². The van der Waals surface area contributed by atoms with Gasteiger partial charge in [0, 0.05) is 23.0 Å². The molecule has 0 spiro atoms. The SMILES string of the molecule is COC(=O)c1cnccc1SCc1ccccc1. The molecule has 1 aromatic carbocycles. The number of rotatable bonds is 4. The molecular weight excluding hydrogens is 246 g/mol. The summed E-state index contributed by atoms with van der Waals surface area (Å²) in [5, 5.41) is 0. The molecular formula is C14H13NO2S. The molecule has 0 unspecified atom stereocenters. The van der Waals surface area contributed by atoms with E-state index in [2.05, 4.69) is 17.1 Å². The van der Waals surface area contributed by atoms with Crippen LogP contribution in [0.1, 0.15) is 15.9 Å². The third-order valence-electron chi connectivity index (χ3n) is 2.42. The van der Waals surface area contributed by atoms with Crippen molar-refractivity contribution in [1.29, 1.82) is 0 Å². The number of hydrogen-bond acceptors (Lipinski definition) is 4. The first kappa shape index (κ1) is 12.6. The van der Waals surface area contributed by atoms with Crippen LogP contribution in [-0.4, -0.2) is 18.1 Å². The number of methoxy groups -OCH3 is 1. The summed E-state index contributed by atoms with van der Waals surface area (Å²) in [7, 11) is 1.38. The smallest absolute Gasteiger partial charge is 0.340 e. The zero-order valence-electron chi connectivity index (χ0n) is 10.00. The van der Waals surface area contributed by atoms with Crippen LogP contribution >= 0.6 is 11.8 Å². The molecule has 2 rings (SSSR count). The maximum Gasteiger partial charge on any atom is 0.340 e. The van der Waals surface area contributed by atoms with Gasteiger partial charge in [0.05, 0.1) is 12.7 Å². The number of thioether (sulfide) groups is 1. The van der Waals surface area contributed by atoms with Crippen molar-refractivity contribution in [3.63, 3.8) is 0 Å². The predicted molar refractivity (Wildman–Crippen MR) is 71.6 cm³/mol. The van der Waals surface area contributed by atoms with Crippen LogP contribution in [0.5, 0.6) is 0 Å². The Morgan fingerprint density at radius 2 is 2.06 bits per heavy atom. The van der Waals surface area contributed by atoms with Gasteiger partial charge in [-0.1, -0.05) is 30.3 Å². The predicted octanol–water partition coefficient (Wildman–Crippen LogP) is 3.16. The van der Waals surface area contributed by atoms with Crippen molar-refractivity contribution in [2.75, 3.05) is 7.11 Å². The van der Waals surface area contributed by atoms with E-state index in [4.69, 9.17) is 4.74 Å². The van der Waals surface area contributed by atoms with E-state index in [0.717, 1.165) is 10.6 Å². The van der Waals surface area contributed by atoms with Gasteiger partial charge >= 0.3 is 5.97 Å². The summed E-state index contributed by atoms with van der Waals surface area (Å²) in [5.41, 5.74) is 1.73. The van der Waals surface area contributed by atoms with E-state index in [1.807, 2.05) is 24.3 Å². The highest BCUT2D eigenvalue weighted by atomic mass is 32.2. The standard InChI is InChI=1S/C14H13NO2S/c1-17-14(16)12-9-15-8-7-13(12)18-10-11-5-3-2-4-6-11/h2-9H,10H2,1H3. The summed E-state index contributed by atoms with van der Waals surface area (Å²) in [6.45, 7) is 0. The van der Waals surface area contributed by atoms with Crippen molar-refractivity contribution in [2.45, 2.75) is 10.6 Å². The third kappa shape index (κ3) is 3.11. The molecule has 92 valence electrons. The topological polar surface area (TPSA) is 39.2 Å². The first-order valence-corrected chi connectivity index (χ1v) is 6.49. The molecule has 1 heterocycles. The summed E-state index contributed by atoms with van der Waals surface area (Å²) in [5.74, 6) is 0.466. The lowest BCUT2D eigenvalue weighted by atomic mass is 10.2. The van der Waals surface area contributed by atoms with Crippen molar-refractivity contribution in [1.82, 2.24) is 4.98 Å². The van der Waals surface area contributed by atoms with Gasteiger partial charge in [-0.05, 0) is 11.6 Å².